The molecule has 0 saturated heterocycles. The summed E-state index contributed by atoms with van der Waals surface area (Å²) in [6.07, 6.45) is -0.115. The zero-order valence-corrected chi connectivity index (χ0v) is 13.2. The van der Waals surface area contributed by atoms with E-state index < -0.39 is 12.1 Å². The van der Waals surface area contributed by atoms with E-state index in [0.717, 1.165) is 14.7 Å². The number of hydrogen-bond donors (Lipinski definition) is 3. The number of halogens is 1. The van der Waals surface area contributed by atoms with Crippen LogP contribution in [-0.4, -0.2) is 22.2 Å². The zero-order chi connectivity index (χ0) is 15.0. The molecular weight excluding hydrogens is 381 g/mol. The van der Waals surface area contributed by atoms with Crippen molar-refractivity contribution in [1.82, 2.24) is 5.32 Å². The largest absolute Gasteiger partial charge is 0.507 e. The van der Waals surface area contributed by atoms with E-state index in [1.165, 1.54) is 6.07 Å². The third kappa shape index (κ3) is 2.75. The van der Waals surface area contributed by atoms with E-state index >= 15 is 0 Å². The Balaban J connectivity index is 1.87. The molecule has 0 saturated carbocycles. The van der Waals surface area contributed by atoms with Gasteiger partial charge in [-0.2, -0.15) is 0 Å². The first-order valence-corrected chi connectivity index (χ1v) is 7.69. The van der Waals surface area contributed by atoms with Crippen LogP contribution in [0.2, 0.25) is 0 Å². The summed E-state index contributed by atoms with van der Waals surface area (Å²) in [5, 5.41) is 22.8. The second kappa shape index (κ2) is 5.65. The summed E-state index contributed by atoms with van der Waals surface area (Å²) >= 11 is 2.08. The highest BCUT2D eigenvalue weighted by Gasteiger charge is 2.32. The van der Waals surface area contributed by atoms with Gasteiger partial charge in [0.25, 0.3) is 5.91 Å². The number of phenols is 1. The number of aliphatic hydroxyl groups excluding tert-OH is 1. The first kappa shape index (κ1) is 14.3. The molecule has 3 N–H and O–H groups in total. The van der Waals surface area contributed by atoms with Gasteiger partial charge in [0.15, 0.2) is 0 Å². The lowest BCUT2D eigenvalue weighted by Crippen LogP contribution is -2.33. The maximum absolute atomic E-state index is 12.3. The first-order valence-electron chi connectivity index (χ1n) is 6.61. The summed E-state index contributed by atoms with van der Waals surface area (Å²) in [7, 11) is 0. The molecule has 4 nitrogen and oxygen atoms in total. The maximum atomic E-state index is 12.3. The molecule has 21 heavy (non-hydrogen) atoms. The van der Waals surface area contributed by atoms with E-state index in [0.29, 0.717) is 6.42 Å². The summed E-state index contributed by atoms with van der Waals surface area (Å²) in [6.45, 7) is 0. The molecule has 0 aromatic heterocycles. The van der Waals surface area contributed by atoms with E-state index in [1.807, 2.05) is 24.3 Å². The molecule has 2 aromatic rings. The normalized spacial score (nSPS) is 20.1. The monoisotopic (exact) mass is 395 g/mol. The van der Waals surface area contributed by atoms with Crippen LogP contribution in [0.25, 0.3) is 0 Å². The van der Waals surface area contributed by atoms with E-state index in [9.17, 15) is 15.0 Å². The Kier molecular flexibility index (Phi) is 3.86. The van der Waals surface area contributed by atoms with Crippen LogP contribution in [0, 0.1) is 3.57 Å². The Morgan fingerprint density at radius 2 is 2.00 bits per heavy atom. The third-order valence-corrected chi connectivity index (χ3v) is 4.36. The summed E-state index contributed by atoms with van der Waals surface area (Å²) in [5.41, 5.74) is 2.20. The number of amides is 1. The van der Waals surface area contributed by atoms with Gasteiger partial charge in [0.2, 0.25) is 0 Å². The number of benzene rings is 2. The fourth-order valence-corrected chi connectivity index (χ4v) is 3.15. The van der Waals surface area contributed by atoms with Crippen LogP contribution >= 0.6 is 22.6 Å². The highest BCUT2D eigenvalue weighted by molar-refractivity contribution is 14.1. The third-order valence-electron chi connectivity index (χ3n) is 3.69. The highest BCUT2D eigenvalue weighted by Crippen LogP contribution is 2.32. The second-order valence-corrected chi connectivity index (χ2v) is 6.33. The lowest BCUT2D eigenvalue weighted by molar-refractivity contribution is 0.0855. The molecule has 0 spiro atoms. The van der Waals surface area contributed by atoms with Crippen molar-refractivity contribution in [2.45, 2.75) is 18.6 Å². The van der Waals surface area contributed by atoms with Crippen LogP contribution in [0.15, 0.2) is 42.5 Å². The number of hydrogen-bond acceptors (Lipinski definition) is 3. The first-order chi connectivity index (χ1) is 10.1. The molecule has 0 unspecified atom stereocenters. The number of carbonyl (C=O) groups is 1. The van der Waals surface area contributed by atoms with Crippen LogP contribution in [0.5, 0.6) is 5.75 Å². The fourth-order valence-electron chi connectivity index (χ4n) is 2.66. The molecule has 0 heterocycles. The second-order valence-electron chi connectivity index (χ2n) is 5.08. The summed E-state index contributed by atoms with van der Waals surface area (Å²) < 4.78 is 0.864. The van der Waals surface area contributed by atoms with Crippen LogP contribution in [-0.2, 0) is 6.42 Å². The molecule has 1 aliphatic rings. The van der Waals surface area contributed by atoms with Gasteiger partial charge in [-0.3, -0.25) is 4.79 Å². The predicted octanol–water partition coefficient (Wildman–Crippen LogP) is 2.38. The molecule has 1 aliphatic carbocycles. The van der Waals surface area contributed by atoms with E-state index in [4.69, 9.17) is 0 Å². The van der Waals surface area contributed by atoms with E-state index in [2.05, 4.69) is 27.9 Å². The molecule has 1 amide bonds. The minimum absolute atomic E-state index is 0.0614. The smallest absolute Gasteiger partial charge is 0.255 e. The van der Waals surface area contributed by atoms with Gasteiger partial charge in [0, 0.05) is 9.99 Å². The summed E-state index contributed by atoms with van der Waals surface area (Å²) in [6, 6.07) is 12.1. The molecule has 0 fully saturated rings. The molecule has 0 bridgehead atoms. The van der Waals surface area contributed by atoms with Crippen molar-refractivity contribution in [3.05, 3.63) is 62.7 Å². The van der Waals surface area contributed by atoms with Crippen molar-refractivity contribution in [3.8, 4) is 5.75 Å². The highest BCUT2D eigenvalue weighted by atomic mass is 127. The number of rotatable bonds is 2. The van der Waals surface area contributed by atoms with Crippen molar-refractivity contribution < 1.29 is 15.0 Å². The van der Waals surface area contributed by atoms with Crippen molar-refractivity contribution in [1.29, 1.82) is 0 Å². The van der Waals surface area contributed by atoms with Gasteiger partial charge in [0.1, 0.15) is 5.75 Å². The minimum atomic E-state index is -0.642. The number of nitrogens with one attached hydrogen (secondary N) is 1. The van der Waals surface area contributed by atoms with Gasteiger partial charge < -0.3 is 15.5 Å². The van der Waals surface area contributed by atoms with Crippen molar-refractivity contribution in [2.24, 2.45) is 0 Å². The Morgan fingerprint density at radius 1 is 1.24 bits per heavy atom. The zero-order valence-electron chi connectivity index (χ0n) is 11.1. The number of carbonyl (C=O) groups excluding carboxylic acids is 1. The van der Waals surface area contributed by atoms with Gasteiger partial charge in [-0.25, -0.2) is 0 Å². The molecule has 2 atom stereocenters. The minimum Gasteiger partial charge on any atom is -0.507 e. The van der Waals surface area contributed by atoms with Crippen molar-refractivity contribution >= 4 is 28.5 Å². The van der Waals surface area contributed by atoms with E-state index in [-0.39, 0.29) is 17.2 Å². The molecular formula is C16H14INO3. The van der Waals surface area contributed by atoms with Gasteiger partial charge in [-0.15, -0.1) is 0 Å². The van der Waals surface area contributed by atoms with Gasteiger partial charge in [0.05, 0.1) is 17.7 Å². The Bertz CT molecular complexity index is 702. The standard InChI is InChI=1S/C16H14INO3/c17-10-5-6-13(19)12(8-10)16(21)18-15-11-4-2-1-3-9(11)7-14(15)20/h1-6,8,14-15,19-20H,7H2,(H,18,21)/t14-,15+/m1/s1. The summed E-state index contributed by atoms with van der Waals surface area (Å²) in [4.78, 5) is 12.3. The number of fused-ring (bicyclic) bond motifs is 1. The topological polar surface area (TPSA) is 69.6 Å². The number of aliphatic hydroxyl groups is 1. The quantitative estimate of drug-likeness (QED) is 0.685. The number of aromatic hydroxyl groups is 1. The maximum Gasteiger partial charge on any atom is 0.255 e. The molecule has 2 aromatic carbocycles. The predicted molar refractivity (Wildman–Crippen MR) is 87.2 cm³/mol. The SMILES string of the molecule is O=C(N[C@H]1c2ccccc2C[C@H]1O)c1cc(I)ccc1O. The number of phenolic OH excluding ortho intramolecular Hbond substituents is 1. The van der Waals surface area contributed by atoms with Crippen molar-refractivity contribution in [2.75, 3.05) is 0 Å². The summed E-state index contributed by atoms with van der Waals surface area (Å²) in [5.74, 6) is -0.444. The average molecular weight is 395 g/mol. The molecule has 0 radical (unpaired) electrons. The average Bonchev–Trinajstić information content (AvgIpc) is 2.78. The molecule has 108 valence electrons. The van der Waals surface area contributed by atoms with Crippen LogP contribution in [0.1, 0.15) is 27.5 Å². The Labute approximate surface area is 136 Å². The Hall–Kier alpha value is -1.60. The van der Waals surface area contributed by atoms with E-state index in [1.54, 1.807) is 12.1 Å². The molecule has 0 aliphatic heterocycles. The van der Waals surface area contributed by atoms with Crippen LogP contribution in [0.3, 0.4) is 0 Å². The van der Waals surface area contributed by atoms with Gasteiger partial charge >= 0.3 is 0 Å². The van der Waals surface area contributed by atoms with Crippen LogP contribution < -0.4 is 5.32 Å². The lowest BCUT2D eigenvalue weighted by Gasteiger charge is -2.18. The molecule has 5 heteroatoms. The van der Waals surface area contributed by atoms with Crippen LogP contribution in [0.4, 0.5) is 0 Å². The molecule has 3 rings (SSSR count). The Morgan fingerprint density at radius 3 is 2.81 bits per heavy atom. The van der Waals surface area contributed by atoms with Gasteiger partial charge in [-0.05, 0) is 51.9 Å². The van der Waals surface area contributed by atoms with Gasteiger partial charge in [-0.1, -0.05) is 24.3 Å². The fraction of sp³-hybridized carbons (Fsp3) is 0.188. The lowest BCUT2D eigenvalue weighted by atomic mass is 10.1. The van der Waals surface area contributed by atoms with Crippen molar-refractivity contribution in [3.63, 3.8) is 0 Å².